The van der Waals surface area contributed by atoms with E-state index in [0.29, 0.717) is 36.7 Å². The van der Waals surface area contributed by atoms with Gasteiger partial charge in [-0.25, -0.2) is 9.97 Å². The van der Waals surface area contributed by atoms with E-state index in [-0.39, 0.29) is 24.4 Å². The molecule has 2 amide bonds. The number of nitrogens with zero attached hydrogens (tertiary/aromatic N) is 5. The highest BCUT2D eigenvalue weighted by molar-refractivity contribution is 5.93. The molecule has 1 aromatic carbocycles. The Morgan fingerprint density at radius 2 is 2.00 bits per heavy atom. The number of likely N-dealkylation sites (tertiary alicyclic amines) is 1. The zero-order chi connectivity index (χ0) is 20.1. The average Bonchev–Trinajstić information content (AvgIpc) is 3.38. The zero-order valence-corrected chi connectivity index (χ0v) is 15.7. The fourth-order valence-electron chi connectivity index (χ4n) is 3.32. The molecule has 1 aliphatic rings. The van der Waals surface area contributed by atoms with E-state index in [1.54, 1.807) is 4.90 Å². The second kappa shape index (κ2) is 8.59. The Morgan fingerprint density at radius 3 is 2.79 bits per heavy atom. The summed E-state index contributed by atoms with van der Waals surface area (Å²) in [7, 11) is 0. The quantitative estimate of drug-likeness (QED) is 0.651. The third kappa shape index (κ3) is 4.45. The van der Waals surface area contributed by atoms with E-state index in [2.05, 4.69) is 25.4 Å². The van der Waals surface area contributed by atoms with Crippen molar-refractivity contribution in [3.8, 4) is 0 Å². The van der Waals surface area contributed by atoms with Gasteiger partial charge in [-0.1, -0.05) is 35.5 Å². The normalized spacial score (nSPS) is 16.2. The highest BCUT2D eigenvalue weighted by atomic mass is 16.5. The predicted octanol–water partition coefficient (Wildman–Crippen LogP) is 1.70. The van der Waals surface area contributed by atoms with Crippen molar-refractivity contribution in [2.45, 2.75) is 31.8 Å². The van der Waals surface area contributed by atoms with Crippen LogP contribution in [0.4, 0.5) is 0 Å². The molecule has 9 heteroatoms. The molecule has 3 heterocycles. The van der Waals surface area contributed by atoms with Gasteiger partial charge >= 0.3 is 0 Å². The standard InChI is InChI=1S/C20H20N6O3/c27-18-7-6-16(26(18)9-8-14-4-2-1-3-5-14)20-24-17(25-29-20)12-23-19(28)15-10-21-13-22-11-15/h1-5,10-11,13,16H,6-9,12H2,(H,23,28)/t16-/m0/s1. The molecule has 148 valence electrons. The lowest BCUT2D eigenvalue weighted by Gasteiger charge is -2.21. The first-order valence-corrected chi connectivity index (χ1v) is 9.40. The molecule has 0 unspecified atom stereocenters. The summed E-state index contributed by atoms with van der Waals surface area (Å²) >= 11 is 0. The summed E-state index contributed by atoms with van der Waals surface area (Å²) in [6, 6.07) is 9.79. The van der Waals surface area contributed by atoms with Crippen LogP contribution in [0.5, 0.6) is 0 Å². The summed E-state index contributed by atoms with van der Waals surface area (Å²) in [6.07, 6.45) is 6.08. The van der Waals surface area contributed by atoms with Crippen molar-refractivity contribution >= 4 is 11.8 Å². The number of hydrogen-bond acceptors (Lipinski definition) is 7. The Balaban J connectivity index is 1.37. The predicted molar refractivity (Wildman–Crippen MR) is 101 cm³/mol. The van der Waals surface area contributed by atoms with Crippen molar-refractivity contribution in [3.63, 3.8) is 0 Å². The van der Waals surface area contributed by atoms with Crippen LogP contribution in [-0.2, 0) is 17.8 Å². The largest absolute Gasteiger partial charge is 0.345 e. The van der Waals surface area contributed by atoms with E-state index in [4.69, 9.17) is 4.52 Å². The number of amides is 2. The molecule has 3 aromatic rings. The minimum Gasteiger partial charge on any atom is -0.345 e. The van der Waals surface area contributed by atoms with E-state index in [0.717, 1.165) is 6.42 Å². The second-order valence-electron chi connectivity index (χ2n) is 6.74. The van der Waals surface area contributed by atoms with Gasteiger partial charge in [0.2, 0.25) is 11.8 Å². The number of carbonyl (C=O) groups is 2. The number of carbonyl (C=O) groups excluding carboxylic acids is 2. The molecule has 29 heavy (non-hydrogen) atoms. The summed E-state index contributed by atoms with van der Waals surface area (Å²) in [6.45, 7) is 0.706. The third-order valence-electron chi connectivity index (χ3n) is 4.81. The van der Waals surface area contributed by atoms with Crippen LogP contribution in [0.2, 0.25) is 0 Å². The van der Waals surface area contributed by atoms with E-state index in [1.165, 1.54) is 24.3 Å². The van der Waals surface area contributed by atoms with Gasteiger partial charge in [0.1, 0.15) is 12.4 Å². The maximum atomic E-state index is 12.3. The van der Waals surface area contributed by atoms with Crippen molar-refractivity contribution in [1.82, 2.24) is 30.3 Å². The first-order valence-electron chi connectivity index (χ1n) is 9.40. The number of aromatic nitrogens is 4. The Kier molecular flexibility index (Phi) is 5.55. The highest BCUT2D eigenvalue weighted by Crippen LogP contribution is 2.31. The topological polar surface area (TPSA) is 114 Å². The Hall–Kier alpha value is -3.62. The monoisotopic (exact) mass is 392 g/mol. The fraction of sp³-hybridized carbons (Fsp3) is 0.300. The SMILES string of the molecule is O=C(NCc1noc([C@@H]2CCC(=O)N2CCc2ccccc2)n1)c1cncnc1. The molecule has 1 aliphatic heterocycles. The van der Waals surface area contributed by atoms with E-state index in [1.807, 2.05) is 30.3 Å². The molecule has 0 radical (unpaired) electrons. The summed E-state index contributed by atoms with van der Waals surface area (Å²) < 4.78 is 5.39. The Labute approximate surface area is 167 Å². The van der Waals surface area contributed by atoms with E-state index in [9.17, 15) is 9.59 Å². The molecular formula is C20H20N6O3. The average molecular weight is 392 g/mol. The molecule has 0 spiro atoms. The lowest BCUT2D eigenvalue weighted by Crippen LogP contribution is -2.30. The van der Waals surface area contributed by atoms with Crippen LogP contribution < -0.4 is 5.32 Å². The van der Waals surface area contributed by atoms with Crippen molar-refractivity contribution in [1.29, 1.82) is 0 Å². The van der Waals surface area contributed by atoms with Crippen LogP contribution in [0.15, 0.2) is 53.6 Å². The van der Waals surface area contributed by atoms with Crippen LogP contribution in [0.1, 0.15) is 46.5 Å². The minimum atomic E-state index is -0.322. The lowest BCUT2D eigenvalue weighted by molar-refractivity contribution is -0.129. The van der Waals surface area contributed by atoms with Gasteiger partial charge in [-0.2, -0.15) is 4.98 Å². The van der Waals surface area contributed by atoms with Gasteiger partial charge in [-0.3, -0.25) is 9.59 Å². The molecule has 9 nitrogen and oxygen atoms in total. The van der Waals surface area contributed by atoms with Crippen LogP contribution >= 0.6 is 0 Å². The third-order valence-corrected chi connectivity index (χ3v) is 4.81. The van der Waals surface area contributed by atoms with Crippen molar-refractivity contribution < 1.29 is 14.1 Å². The molecule has 0 saturated carbocycles. The first-order chi connectivity index (χ1) is 14.2. The summed E-state index contributed by atoms with van der Waals surface area (Å²) in [5, 5.41) is 6.64. The van der Waals surface area contributed by atoms with Crippen LogP contribution in [0, 0.1) is 0 Å². The molecular weight excluding hydrogens is 372 g/mol. The van der Waals surface area contributed by atoms with Crippen LogP contribution in [-0.4, -0.2) is 43.4 Å². The summed E-state index contributed by atoms with van der Waals surface area (Å²) in [4.78, 5) is 38.2. The fourth-order valence-corrected chi connectivity index (χ4v) is 3.32. The molecule has 1 saturated heterocycles. The van der Waals surface area contributed by atoms with Crippen LogP contribution in [0.25, 0.3) is 0 Å². The van der Waals surface area contributed by atoms with Crippen molar-refractivity contribution in [3.05, 3.63) is 71.9 Å². The van der Waals surface area contributed by atoms with Gasteiger partial charge in [0.05, 0.1) is 12.1 Å². The van der Waals surface area contributed by atoms with Crippen molar-refractivity contribution in [2.75, 3.05) is 6.54 Å². The van der Waals surface area contributed by atoms with Crippen LogP contribution in [0.3, 0.4) is 0 Å². The molecule has 0 aliphatic carbocycles. The number of hydrogen-bond donors (Lipinski definition) is 1. The highest BCUT2D eigenvalue weighted by Gasteiger charge is 2.35. The number of nitrogens with one attached hydrogen (secondary N) is 1. The lowest BCUT2D eigenvalue weighted by atomic mass is 10.1. The molecule has 2 aromatic heterocycles. The molecule has 1 N–H and O–H groups in total. The molecule has 1 fully saturated rings. The Bertz CT molecular complexity index is 976. The molecule has 0 bridgehead atoms. The van der Waals surface area contributed by atoms with E-state index >= 15 is 0 Å². The molecule has 1 atom stereocenters. The van der Waals surface area contributed by atoms with E-state index < -0.39 is 0 Å². The smallest absolute Gasteiger partial charge is 0.254 e. The Morgan fingerprint density at radius 1 is 1.21 bits per heavy atom. The number of rotatable bonds is 7. The second-order valence-corrected chi connectivity index (χ2v) is 6.74. The maximum Gasteiger partial charge on any atom is 0.254 e. The summed E-state index contributed by atoms with van der Waals surface area (Å²) in [5.74, 6) is 0.518. The van der Waals surface area contributed by atoms with Gasteiger partial charge < -0.3 is 14.7 Å². The van der Waals surface area contributed by atoms with Crippen molar-refractivity contribution in [2.24, 2.45) is 0 Å². The first kappa shape index (κ1) is 18.7. The minimum absolute atomic E-state index is 0.0862. The summed E-state index contributed by atoms with van der Waals surface area (Å²) in [5.41, 5.74) is 1.52. The van der Waals surface area contributed by atoms with Gasteiger partial charge in [0, 0.05) is 25.4 Å². The van der Waals surface area contributed by atoms with Gasteiger partial charge in [-0.05, 0) is 18.4 Å². The zero-order valence-electron chi connectivity index (χ0n) is 15.7. The maximum absolute atomic E-state index is 12.3. The van der Waals surface area contributed by atoms with Gasteiger partial charge in [0.15, 0.2) is 5.82 Å². The molecule has 4 rings (SSSR count). The number of benzene rings is 1. The van der Waals surface area contributed by atoms with Gasteiger partial charge in [-0.15, -0.1) is 0 Å². The van der Waals surface area contributed by atoms with Gasteiger partial charge in [0.25, 0.3) is 5.91 Å².